The lowest BCUT2D eigenvalue weighted by Crippen LogP contribution is -2.28. The van der Waals surface area contributed by atoms with Gasteiger partial charge in [0.2, 0.25) is 0 Å². The molecule has 3 heteroatoms. The van der Waals surface area contributed by atoms with Crippen molar-refractivity contribution in [3.8, 4) is 5.75 Å². The SMILES string of the molecule is Clc1cccc(N2CCOc3ccccc32)c1. The van der Waals surface area contributed by atoms with Crippen LogP contribution in [-0.4, -0.2) is 13.2 Å². The van der Waals surface area contributed by atoms with E-state index in [4.69, 9.17) is 16.3 Å². The van der Waals surface area contributed by atoms with Gasteiger partial charge in [0, 0.05) is 10.7 Å². The average molecular weight is 246 g/mol. The molecule has 2 nitrogen and oxygen atoms in total. The van der Waals surface area contributed by atoms with Crippen molar-refractivity contribution in [2.45, 2.75) is 0 Å². The van der Waals surface area contributed by atoms with Crippen LogP contribution in [0.3, 0.4) is 0 Å². The Hall–Kier alpha value is -1.67. The Labute approximate surface area is 105 Å². The maximum absolute atomic E-state index is 6.03. The second-order valence-electron chi connectivity index (χ2n) is 3.95. The summed E-state index contributed by atoms with van der Waals surface area (Å²) in [7, 11) is 0. The maximum atomic E-state index is 6.03. The molecule has 0 fully saturated rings. The van der Waals surface area contributed by atoms with E-state index < -0.39 is 0 Å². The van der Waals surface area contributed by atoms with Gasteiger partial charge in [-0.3, -0.25) is 0 Å². The molecule has 1 aliphatic heterocycles. The van der Waals surface area contributed by atoms with Gasteiger partial charge < -0.3 is 9.64 Å². The molecule has 0 amide bonds. The van der Waals surface area contributed by atoms with Crippen LogP contribution in [0, 0.1) is 0 Å². The third-order valence-corrected chi connectivity index (χ3v) is 3.08. The van der Waals surface area contributed by atoms with Gasteiger partial charge in [-0.15, -0.1) is 0 Å². The second-order valence-corrected chi connectivity index (χ2v) is 4.38. The van der Waals surface area contributed by atoms with Crippen LogP contribution in [0.5, 0.6) is 5.75 Å². The molecule has 0 saturated heterocycles. The molecule has 0 aromatic heterocycles. The molecule has 0 atom stereocenters. The van der Waals surface area contributed by atoms with Gasteiger partial charge in [-0.2, -0.15) is 0 Å². The van der Waals surface area contributed by atoms with E-state index >= 15 is 0 Å². The lowest BCUT2D eigenvalue weighted by Gasteiger charge is -2.31. The van der Waals surface area contributed by atoms with E-state index in [1.165, 1.54) is 0 Å². The molecule has 0 radical (unpaired) electrons. The number of halogens is 1. The minimum Gasteiger partial charge on any atom is -0.490 e. The predicted molar refractivity (Wildman–Crippen MR) is 70.4 cm³/mol. The Bertz CT molecular complexity index is 541. The third kappa shape index (κ3) is 1.96. The zero-order valence-electron chi connectivity index (χ0n) is 9.27. The van der Waals surface area contributed by atoms with E-state index in [0.717, 1.165) is 28.7 Å². The van der Waals surface area contributed by atoms with Crippen LogP contribution in [0.4, 0.5) is 11.4 Å². The lowest BCUT2D eigenvalue weighted by atomic mass is 10.2. The summed E-state index contributed by atoms with van der Waals surface area (Å²) in [6.45, 7) is 1.54. The molecule has 86 valence electrons. The Morgan fingerprint density at radius 2 is 1.94 bits per heavy atom. The van der Waals surface area contributed by atoms with Crippen LogP contribution < -0.4 is 9.64 Å². The molecule has 0 saturated carbocycles. The molecule has 17 heavy (non-hydrogen) atoms. The number of benzene rings is 2. The summed E-state index contributed by atoms with van der Waals surface area (Å²) in [6.07, 6.45) is 0. The Kier molecular flexibility index (Phi) is 2.65. The average Bonchev–Trinajstić information content (AvgIpc) is 2.38. The molecule has 0 unspecified atom stereocenters. The number of anilines is 2. The summed E-state index contributed by atoms with van der Waals surface area (Å²) in [5, 5.41) is 0.756. The molecule has 0 N–H and O–H groups in total. The summed E-state index contributed by atoms with van der Waals surface area (Å²) < 4.78 is 5.63. The highest BCUT2D eigenvalue weighted by molar-refractivity contribution is 6.30. The van der Waals surface area contributed by atoms with E-state index in [0.29, 0.717) is 6.61 Å². The highest BCUT2D eigenvalue weighted by atomic mass is 35.5. The van der Waals surface area contributed by atoms with E-state index in [9.17, 15) is 0 Å². The zero-order valence-corrected chi connectivity index (χ0v) is 10.0. The van der Waals surface area contributed by atoms with Gasteiger partial charge in [0.25, 0.3) is 0 Å². The fourth-order valence-corrected chi connectivity index (χ4v) is 2.27. The largest absolute Gasteiger partial charge is 0.490 e. The molecule has 3 rings (SSSR count). The summed E-state index contributed by atoms with van der Waals surface area (Å²) in [4.78, 5) is 2.23. The van der Waals surface area contributed by atoms with Crippen LogP contribution in [-0.2, 0) is 0 Å². The molecule has 0 spiro atoms. The van der Waals surface area contributed by atoms with Gasteiger partial charge in [0.05, 0.1) is 12.2 Å². The zero-order chi connectivity index (χ0) is 11.7. The predicted octanol–water partition coefficient (Wildman–Crippen LogP) is 3.87. The summed E-state index contributed by atoms with van der Waals surface area (Å²) in [5.74, 6) is 0.929. The van der Waals surface area contributed by atoms with Crippen LogP contribution >= 0.6 is 11.6 Å². The lowest BCUT2D eigenvalue weighted by molar-refractivity contribution is 0.314. The van der Waals surface area contributed by atoms with Crippen molar-refractivity contribution in [1.82, 2.24) is 0 Å². The molecule has 0 bridgehead atoms. The van der Waals surface area contributed by atoms with Crippen LogP contribution in [0.1, 0.15) is 0 Å². The summed E-state index contributed by atoms with van der Waals surface area (Å²) in [5.41, 5.74) is 2.20. The van der Waals surface area contributed by atoms with Crippen molar-refractivity contribution in [3.05, 3.63) is 53.6 Å². The molecular weight excluding hydrogens is 234 g/mol. The number of ether oxygens (including phenoxy) is 1. The van der Waals surface area contributed by atoms with Crippen molar-refractivity contribution >= 4 is 23.0 Å². The second kappa shape index (κ2) is 4.30. The van der Waals surface area contributed by atoms with E-state index in [1.807, 2.05) is 36.4 Å². The van der Waals surface area contributed by atoms with Gasteiger partial charge in [-0.05, 0) is 30.3 Å². The first-order valence-corrected chi connectivity index (χ1v) is 5.97. The highest BCUT2D eigenvalue weighted by Crippen LogP contribution is 2.36. The van der Waals surface area contributed by atoms with Gasteiger partial charge in [0.1, 0.15) is 12.4 Å². The standard InChI is InChI=1S/C14H12ClNO/c15-11-4-3-5-12(10-11)16-8-9-17-14-7-2-1-6-13(14)16/h1-7,10H,8-9H2. The Balaban J connectivity index is 2.06. The topological polar surface area (TPSA) is 12.5 Å². The first-order chi connectivity index (χ1) is 8.34. The summed E-state index contributed by atoms with van der Waals surface area (Å²) >= 11 is 6.03. The van der Waals surface area contributed by atoms with E-state index in [2.05, 4.69) is 17.0 Å². The van der Waals surface area contributed by atoms with Crippen molar-refractivity contribution < 1.29 is 4.74 Å². The van der Waals surface area contributed by atoms with Gasteiger partial charge in [-0.25, -0.2) is 0 Å². The normalized spacial score (nSPS) is 14.1. The van der Waals surface area contributed by atoms with Crippen LogP contribution in [0.15, 0.2) is 48.5 Å². The number of rotatable bonds is 1. The first-order valence-electron chi connectivity index (χ1n) is 5.59. The summed E-state index contributed by atoms with van der Waals surface area (Å²) in [6, 6.07) is 16.0. The number of hydrogen-bond donors (Lipinski definition) is 0. The smallest absolute Gasteiger partial charge is 0.143 e. The van der Waals surface area contributed by atoms with Crippen molar-refractivity contribution in [2.75, 3.05) is 18.1 Å². The number of fused-ring (bicyclic) bond motifs is 1. The van der Waals surface area contributed by atoms with E-state index in [1.54, 1.807) is 0 Å². The highest BCUT2D eigenvalue weighted by Gasteiger charge is 2.18. The molecule has 2 aromatic carbocycles. The molecule has 2 aromatic rings. The van der Waals surface area contributed by atoms with E-state index in [-0.39, 0.29) is 0 Å². The fraction of sp³-hybridized carbons (Fsp3) is 0.143. The molecule has 1 aliphatic rings. The fourth-order valence-electron chi connectivity index (χ4n) is 2.08. The number of hydrogen-bond acceptors (Lipinski definition) is 2. The van der Waals surface area contributed by atoms with Gasteiger partial charge in [0.15, 0.2) is 0 Å². The van der Waals surface area contributed by atoms with Crippen molar-refractivity contribution in [1.29, 1.82) is 0 Å². The third-order valence-electron chi connectivity index (χ3n) is 2.85. The Morgan fingerprint density at radius 1 is 1.06 bits per heavy atom. The monoisotopic (exact) mass is 245 g/mol. The van der Waals surface area contributed by atoms with Gasteiger partial charge in [-0.1, -0.05) is 29.8 Å². The number of nitrogens with zero attached hydrogens (tertiary/aromatic N) is 1. The van der Waals surface area contributed by atoms with Crippen molar-refractivity contribution in [3.63, 3.8) is 0 Å². The maximum Gasteiger partial charge on any atom is 0.143 e. The number of para-hydroxylation sites is 2. The molecule has 0 aliphatic carbocycles. The van der Waals surface area contributed by atoms with Gasteiger partial charge >= 0.3 is 0 Å². The molecular formula is C14H12ClNO. The quantitative estimate of drug-likeness (QED) is 0.756. The van der Waals surface area contributed by atoms with Crippen LogP contribution in [0.2, 0.25) is 5.02 Å². The Morgan fingerprint density at radius 3 is 2.82 bits per heavy atom. The first kappa shape index (κ1) is 10.5. The minimum atomic E-state index is 0.698. The molecule has 1 heterocycles. The minimum absolute atomic E-state index is 0.698. The van der Waals surface area contributed by atoms with Crippen molar-refractivity contribution in [2.24, 2.45) is 0 Å². The van der Waals surface area contributed by atoms with Crippen LogP contribution in [0.25, 0.3) is 0 Å².